The highest BCUT2D eigenvalue weighted by molar-refractivity contribution is 7.19. The van der Waals surface area contributed by atoms with Gasteiger partial charge in [0.15, 0.2) is 0 Å². The zero-order chi connectivity index (χ0) is 22.3. The van der Waals surface area contributed by atoms with Crippen LogP contribution in [0.15, 0.2) is 60.7 Å². The Kier molecular flexibility index (Phi) is 5.26. The van der Waals surface area contributed by atoms with E-state index in [9.17, 15) is 26.7 Å². The summed E-state index contributed by atoms with van der Waals surface area (Å²) in [7, 11) is 0. The van der Waals surface area contributed by atoms with E-state index in [0.29, 0.717) is 26.3 Å². The van der Waals surface area contributed by atoms with Gasteiger partial charge in [0.05, 0.1) is 5.56 Å². The highest BCUT2D eigenvalue weighted by Crippen LogP contribution is 2.38. The van der Waals surface area contributed by atoms with E-state index in [1.165, 1.54) is 41.7 Å². The van der Waals surface area contributed by atoms with Crippen molar-refractivity contribution in [3.63, 3.8) is 0 Å². The van der Waals surface area contributed by atoms with Gasteiger partial charge in [-0.2, -0.15) is 13.2 Å². The summed E-state index contributed by atoms with van der Waals surface area (Å²) in [6, 6.07) is 12.9. The number of amides is 1. The lowest BCUT2D eigenvalue weighted by atomic mass is 10.0. The molecule has 31 heavy (non-hydrogen) atoms. The molecule has 4 aromatic rings. The van der Waals surface area contributed by atoms with Gasteiger partial charge in [-0.15, -0.1) is 11.3 Å². The predicted octanol–water partition coefficient (Wildman–Crippen LogP) is 6.56. The summed E-state index contributed by atoms with van der Waals surface area (Å²) in [6.07, 6.45) is -4.27. The average molecular weight is 447 g/mol. The van der Waals surface area contributed by atoms with Crippen LogP contribution in [0.25, 0.3) is 21.2 Å². The minimum atomic E-state index is -4.45. The van der Waals surface area contributed by atoms with Crippen molar-refractivity contribution in [1.82, 2.24) is 0 Å². The van der Waals surface area contributed by atoms with Crippen molar-refractivity contribution in [2.24, 2.45) is 5.73 Å². The Labute approximate surface area is 177 Å². The molecule has 0 atom stereocenters. The number of rotatable bonds is 4. The van der Waals surface area contributed by atoms with Crippen LogP contribution in [0.3, 0.4) is 0 Å². The van der Waals surface area contributed by atoms with E-state index in [0.717, 1.165) is 18.2 Å². The van der Waals surface area contributed by atoms with Crippen LogP contribution in [0.4, 0.5) is 22.0 Å². The number of hydrogen-bond acceptors (Lipinski definition) is 2. The lowest BCUT2D eigenvalue weighted by molar-refractivity contribution is -0.137. The van der Waals surface area contributed by atoms with E-state index in [2.05, 4.69) is 0 Å². The number of nitrogens with two attached hydrogens (primary N) is 1. The van der Waals surface area contributed by atoms with Crippen molar-refractivity contribution < 1.29 is 26.7 Å². The number of benzene rings is 3. The Balaban J connectivity index is 1.79. The molecule has 3 aromatic carbocycles. The Morgan fingerprint density at radius 2 is 1.74 bits per heavy atom. The van der Waals surface area contributed by atoms with Gasteiger partial charge in [0.2, 0.25) is 5.91 Å². The summed E-state index contributed by atoms with van der Waals surface area (Å²) in [5.74, 6) is -1.96. The molecule has 0 bridgehead atoms. The molecule has 2 N–H and O–H groups in total. The van der Waals surface area contributed by atoms with Gasteiger partial charge in [0.1, 0.15) is 11.6 Å². The summed E-state index contributed by atoms with van der Waals surface area (Å²) < 4.78 is 67.9. The monoisotopic (exact) mass is 447 g/mol. The van der Waals surface area contributed by atoms with Crippen LogP contribution >= 0.6 is 11.3 Å². The van der Waals surface area contributed by atoms with E-state index in [4.69, 9.17) is 5.73 Å². The fourth-order valence-corrected chi connectivity index (χ4v) is 4.64. The number of halogens is 5. The molecule has 0 aliphatic rings. The van der Waals surface area contributed by atoms with Crippen molar-refractivity contribution in [3.8, 4) is 11.1 Å². The minimum Gasteiger partial charge on any atom is -0.366 e. The van der Waals surface area contributed by atoms with Gasteiger partial charge in [0, 0.05) is 26.9 Å². The van der Waals surface area contributed by atoms with Crippen molar-refractivity contribution in [1.29, 1.82) is 0 Å². The topological polar surface area (TPSA) is 43.1 Å². The van der Waals surface area contributed by atoms with Crippen LogP contribution in [0.1, 0.15) is 26.4 Å². The van der Waals surface area contributed by atoms with E-state index < -0.39 is 29.3 Å². The lowest BCUT2D eigenvalue weighted by Gasteiger charge is -2.08. The van der Waals surface area contributed by atoms with E-state index in [1.807, 2.05) is 0 Å². The van der Waals surface area contributed by atoms with Crippen LogP contribution in [0.2, 0.25) is 0 Å². The first-order chi connectivity index (χ1) is 14.6. The molecule has 0 radical (unpaired) electrons. The van der Waals surface area contributed by atoms with Gasteiger partial charge >= 0.3 is 6.18 Å². The molecular weight excluding hydrogens is 433 g/mol. The lowest BCUT2D eigenvalue weighted by Crippen LogP contribution is -2.11. The maximum Gasteiger partial charge on any atom is 0.416 e. The van der Waals surface area contributed by atoms with Crippen LogP contribution < -0.4 is 5.73 Å². The molecule has 1 aromatic heterocycles. The number of carbonyl (C=O) groups excluding carboxylic acids is 1. The van der Waals surface area contributed by atoms with E-state index >= 15 is 0 Å². The molecule has 0 spiro atoms. The maximum absolute atomic E-state index is 14.5. The Morgan fingerprint density at radius 1 is 0.968 bits per heavy atom. The van der Waals surface area contributed by atoms with Gasteiger partial charge in [-0.1, -0.05) is 24.3 Å². The molecule has 1 heterocycles. The molecule has 0 aliphatic heterocycles. The average Bonchev–Trinajstić information content (AvgIpc) is 3.11. The largest absolute Gasteiger partial charge is 0.416 e. The quantitative estimate of drug-likeness (QED) is 0.354. The van der Waals surface area contributed by atoms with Crippen LogP contribution in [0.5, 0.6) is 0 Å². The predicted molar refractivity (Wildman–Crippen MR) is 110 cm³/mol. The molecule has 158 valence electrons. The second-order valence-electron chi connectivity index (χ2n) is 7.02. The zero-order valence-electron chi connectivity index (χ0n) is 15.8. The van der Waals surface area contributed by atoms with Crippen LogP contribution in [-0.4, -0.2) is 5.91 Å². The molecule has 1 amide bonds. The normalized spacial score (nSPS) is 11.8. The van der Waals surface area contributed by atoms with E-state index in [-0.39, 0.29) is 17.4 Å². The van der Waals surface area contributed by atoms with E-state index in [1.54, 1.807) is 12.1 Å². The maximum atomic E-state index is 14.5. The third-order valence-corrected chi connectivity index (χ3v) is 5.98. The summed E-state index contributed by atoms with van der Waals surface area (Å²) in [6.45, 7) is 0. The molecule has 0 unspecified atom stereocenters. The molecule has 0 saturated heterocycles. The van der Waals surface area contributed by atoms with Gasteiger partial charge in [-0.25, -0.2) is 8.78 Å². The molecule has 2 nitrogen and oxygen atoms in total. The molecule has 0 saturated carbocycles. The first-order valence-corrected chi connectivity index (χ1v) is 9.91. The molecular formula is C23H14F5NOS. The molecule has 4 rings (SSSR count). The SMILES string of the molecule is NC(=O)c1cc(F)cc(-c2ccc(F)c3cc(Cc4cccc(C(F)(F)F)c4)sc23)c1. The summed E-state index contributed by atoms with van der Waals surface area (Å²) in [5, 5.41) is 0.273. The number of fused-ring (bicyclic) bond motifs is 1. The Hall–Kier alpha value is -3.26. The number of carbonyl (C=O) groups is 1. The van der Waals surface area contributed by atoms with Crippen LogP contribution in [0, 0.1) is 11.6 Å². The fraction of sp³-hybridized carbons (Fsp3) is 0.0870. The standard InChI is InChI=1S/C23H14F5NOS/c24-16-9-13(8-14(10-16)22(29)30)18-4-5-20(25)19-11-17(31-21(18)19)7-12-2-1-3-15(6-12)23(26,27)28/h1-6,8-11H,7H2,(H2,29,30). The Bertz CT molecular complexity index is 1310. The first-order valence-electron chi connectivity index (χ1n) is 9.09. The summed E-state index contributed by atoms with van der Waals surface area (Å²) in [4.78, 5) is 12.1. The van der Waals surface area contributed by atoms with Crippen molar-refractivity contribution in [3.05, 3.63) is 93.9 Å². The van der Waals surface area contributed by atoms with Crippen molar-refractivity contribution in [2.75, 3.05) is 0 Å². The van der Waals surface area contributed by atoms with Gasteiger partial charge in [-0.05, 0) is 53.1 Å². The minimum absolute atomic E-state index is 0.0202. The van der Waals surface area contributed by atoms with Crippen molar-refractivity contribution >= 4 is 27.3 Å². The van der Waals surface area contributed by atoms with Gasteiger partial charge < -0.3 is 5.73 Å². The first kappa shape index (κ1) is 21.0. The summed E-state index contributed by atoms with van der Waals surface area (Å²) in [5.41, 5.74) is 5.77. The smallest absolute Gasteiger partial charge is 0.366 e. The third-order valence-electron chi connectivity index (χ3n) is 4.81. The fourth-order valence-electron chi connectivity index (χ4n) is 3.40. The molecule has 8 heteroatoms. The highest BCUT2D eigenvalue weighted by Gasteiger charge is 2.30. The zero-order valence-corrected chi connectivity index (χ0v) is 16.6. The third kappa shape index (κ3) is 4.29. The highest BCUT2D eigenvalue weighted by atomic mass is 32.1. The second kappa shape index (κ2) is 7.77. The van der Waals surface area contributed by atoms with Gasteiger partial charge in [0.25, 0.3) is 0 Å². The van der Waals surface area contributed by atoms with Gasteiger partial charge in [-0.3, -0.25) is 4.79 Å². The Morgan fingerprint density at radius 3 is 2.45 bits per heavy atom. The number of primary amides is 1. The molecule has 0 fully saturated rings. The number of hydrogen-bond donors (Lipinski definition) is 1. The second-order valence-corrected chi connectivity index (χ2v) is 8.15. The number of alkyl halides is 3. The summed E-state index contributed by atoms with van der Waals surface area (Å²) >= 11 is 1.20. The van der Waals surface area contributed by atoms with Crippen LogP contribution in [-0.2, 0) is 12.6 Å². The van der Waals surface area contributed by atoms with Crippen molar-refractivity contribution in [2.45, 2.75) is 12.6 Å². The number of thiophene rings is 1. The molecule has 0 aliphatic carbocycles.